The average molecular weight is 338 g/mol. The van der Waals surface area contributed by atoms with Crippen LogP contribution in [-0.4, -0.2) is 14.3 Å². The summed E-state index contributed by atoms with van der Waals surface area (Å²) in [6.45, 7) is 6.09. The molecule has 0 aliphatic carbocycles. The molecular formula is C15H18N2O3S2. The van der Waals surface area contributed by atoms with Crippen LogP contribution in [0.25, 0.3) is 0 Å². The van der Waals surface area contributed by atoms with E-state index in [1.54, 1.807) is 6.92 Å². The topological polar surface area (TPSA) is 89.3 Å². The van der Waals surface area contributed by atoms with Crippen LogP contribution in [0.4, 0.5) is 0 Å². The number of amides is 1. The number of nitrogens with two attached hydrogens (primary N) is 1. The predicted octanol–water partition coefficient (Wildman–Crippen LogP) is 2.25. The van der Waals surface area contributed by atoms with Crippen molar-refractivity contribution in [3.05, 3.63) is 51.4 Å². The second-order valence-electron chi connectivity index (χ2n) is 5.24. The van der Waals surface area contributed by atoms with Gasteiger partial charge < -0.3 is 5.32 Å². The molecule has 1 aromatic carbocycles. The number of thiophene rings is 1. The fourth-order valence-corrected chi connectivity index (χ4v) is 4.00. The Morgan fingerprint density at radius 1 is 1.18 bits per heavy atom. The van der Waals surface area contributed by atoms with E-state index in [0.29, 0.717) is 17.0 Å². The van der Waals surface area contributed by atoms with Crippen LogP contribution >= 0.6 is 11.3 Å². The van der Waals surface area contributed by atoms with Gasteiger partial charge >= 0.3 is 0 Å². The molecule has 118 valence electrons. The number of hydrogen-bond acceptors (Lipinski definition) is 4. The van der Waals surface area contributed by atoms with Crippen molar-refractivity contribution in [1.29, 1.82) is 0 Å². The van der Waals surface area contributed by atoms with Crippen molar-refractivity contribution in [2.75, 3.05) is 0 Å². The lowest BCUT2D eigenvalue weighted by Gasteiger charge is -2.08. The Bertz CT molecular complexity index is 823. The quantitative estimate of drug-likeness (QED) is 0.896. The number of carbonyl (C=O) groups is 1. The van der Waals surface area contributed by atoms with Gasteiger partial charge in [-0.05, 0) is 43.5 Å². The van der Waals surface area contributed by atoms with Crippen LogP contribution in [0.1, 0.15) is 31.9 Å². The van der Waals surface area contributed by atoms with Gasteiger partial charge in [0.1, 0.15) is 4.21 Å². The highest BCUT2D eigenvalue weighted by molar-refractivity contribution is 7.91. The molecule has 0 saturated carbocycles. The number of carbonyl (C=O) groups excluding carboxylic acids is 1. The number of rotatable bonds is 4. The summed E-state index contributed by atoms with van der Waals surface area (Å²) in [5, 5.41) is 7.91. The van der Waals surface area contributed by atoms with Crippen LogP contribution in [0, 0.1) is 20.8 Å². The van der Waals surface area contributed by atoms with E-state index in [2.05, 4.69) is 11.4 Å². The van der Waals surface area contributed by atoms with Crippen molar-refractivity contribution in [2.24, 2.45) is 5.14 Å². The van der Waals surface area contributed by atoms with E-state index < -0.39 is 10.0 Å². The van der Waals surface area contributed by atoms with E-state index in [9.17, 15) is 13.2 Å². The number of sulfonamides is 1. The maximum Gasteiger partial charge on any atom is 0.261 e. The lowest BCUT2D eigenvalue weighted by Crippen LogP contribution is -2.22. The largest absolute Gasteiger partial charge is 0.347 e. The first-order valence-electron chi connectivity index (χ1n) is 6.66. The molecule has 0 saturated heterocycles. The SMILES string of the molecule is Cc1ccc(CNC(=O)c2sc(S(N)(=O)=O)cc2C)c(C)c1. The van der Waals surface area contributed by atoms with E-state index in [-0.39, 0.29) is 10.1 Å². The van der Waals surface area contributed by atoms with Crippen molar-refractivity contribution in [3.8, 4) is 0 Å². The fourth-order valence-electron chi connectivity index (χ4n) is 2.12. The Kier molecular flexibility index (Phi) is 4.69. The highest BCUT2D eigenvalue weighted by Gasteiger charge is 2.19. The maximum absolute atomic E-state index is 12.2. The molecule has 0 fully saturated rings. The van der Waals surface area contributed by atoms with Gasteiger partial charge in [-0.3, -0.25) is 4.79 Å². The lowest BCUT2D eigenvalue weighted by molar-refractivity contribution is 0.0954. The molecule has 0 aliphatic rings. The molecule has 1 aromatic heterocycles. The Labute approximate surface area is 134 Å². The first kappa shape index (κ1) is 16.7. The van der Waals surface area contributed by atoms with Crippen molar-refractivity contribution >= 4 is 27.3 Å². The van der Waals surface area contributed by atoms with Crippen LogP contribution in [0.3, 0.4) is 0 Å². The van der Waals surface area contributed by atoms with Crippen molar-refractivity contribution < 1.29 is 13.2 Å². The number of benzene rings is 1. The smallest absolute Gasteiger partial charge is 0.261 e. The van der Waals surface area contributed by atoms with Gasteiger partial charge in [0, 0.05) is 6.54 Å². The molecule has 0 aliphatic heterocycles. The molecule has 1 amide bonds. The molecule has 0 atom stereocenters. The summed E-state index contributed by atoms with van der Waals surface area (Å²) in [5.74, 6) is -0.294. The molecule has 2 aromatic rings. The maximum atomic E-state index is 12.2. The number of nitrogens with one attached hydrogen (secondary N) is 1. The number of aryl methyl sites for hydroxylation is 3. The monoisotopic (exact) mass is 338 g/mol. The Hall–Kier alpha value is -1.70. The minimum atomic E-state index is -3.78. The molecule has 0 bridgehead atoms. The highest BCUT2D eigenvalue weighted by atomic mass is 32.2. The van der Waals surface area contributed by atoms with Gasteiger partial charge in [-0.2, -0.15) is 0 Å². The number of primary sulfonamides is 1. The standard InChI is InChI=1S/C15H18N2O3S2/c1-9-4-5-12(10(2)6-9)8-17-15(18)14-11(3)7-13(21-14)22(16,19)20/h4-7H,8H2,1-3H3,(H,17,18)(H2,16,19,20). The summed E-state index contributed by atoms with van der Waals surface area (Å²) in [6.07, 6.45) is 0. The molecule has 0 unspecified atom stereocenters. The van der Waals surface area contributed by atoms with E-state index in [4.69, 9.17) is 5.14 Å². The van der Waals surface area contributed by atoms with Crippen LogP contribution in [-0.2, 0) is 16.6 Å². The zero-order valence-electron chi connectivity index (χ0n) is 12.6. The predicted molar refractivity (Wildman–Crippen MR) is 87.5 cm³/mol. The average Bonchev–Trinajstić information content (AvgIpc) is 2.79. The molecule has 0 radical (unpaired) electrons. The van der Waals surface area contributed by atoms with E-state index in [0.717, 1.165) is 22.5 Å². The highest BCUT2D eigenvalue weighted by Crippen LogP contribution is 2.25. The van der Waals surface area contributed by atoms with Gasteiger partial charge in [-0.25, -0.2) is 13.6 Å². The third-order valence-electron chi connectivity index (χ3n) is 3.32. The molecule has 1 heterocycles. The molecule has 5 nitrogen and oxygen atoms in total. The normalized spacial score (nSPS) is 11.5. The zero-order valence-corrected chi connectivity index (χ0v) is 14.3. The van der Waals surface area contributed by atoms with Gasteiger partial charge in [0.2, 0.25) is 10.0 Å². The van der Waals surface area contributed by atoms with E-state index in [1.807, 2.05) is 26.0 Å². The minimum absolute atomic E-state index is 0.00154. The minimum Gasteiger partial charge on any atom is -0.347 e. The third kappa shape index (κ3) is 3.73. The molecular weight excluding hydrogens is 320 g/mol. The Balaban J connectivity index is 2.14. The fraction of sp³-hybridized carbons (Fsp3) is 0.267. The summed E-state index contributed by atoms with van der Waals surface area (Å²) in [5.41, 5.74) is 3.90. The van der Waals surface area contributed by atoms with Gasteiger partial charge in [0.25, 0.3) is 5.91 Å². The van der Waals surface area contributed by atoms with Crippen LogP contribution in [0.15, 0.2) is 28.5 Å². The molecule has 0 spiro atoms. The summed E-state index contributed by atoms with van der Waals surface area (Å²) in [7, 11) is -3.78. The van der Waals surface area contributed by atoms with E-state index in [1.165, 1.54) is 11.6 Å². The molecule has 2 rings (SSSR count). The second-order valence-corrected chi connectivity index (χ2v) is 8.08. The first-order chi connectivity index (χ1) is 10.2. The summed E-state index contributed by atoms with van der Waals surface area (Å²) in [4.78, 5) is 12.6. The summed E-state index contributed by atoms with van der Waals surface area (Å²) >= 11 is 0.891. The second kappa shape index (κ2) is 6.20. The van der Waals surface area contributed by atoms with Crippen LogP contribution < -0.4 is 10.5 Å². The molecule has 7 heteroatoms. The first-order valence-corrected chi connectivity index (χ1v) is 9.02. The third-order valence-corrected chi connectivity index (χ3v) is 5.98. The van der Waals surface area contributed by atoms with Gasteiger partial charge in [0.05, 0.1) is 4.88 Å². The Morgan fingerprint density at radius 3 is 2.41 bits per heavy atom. The summed E-state index contributed by atoms with van der Waals surface area (Å²) < 4.78 is 22.7. The van der Waals surface area contributed by atoms with Gasteiger partial charge in [0.15, 0.2) is 0 Å². The Morgan fingerprint density at radius 2 is 1.86 bits per heavy atom. The van der Waals surface area contributed by atoms with Crippen molar-refractivity contribution in [1.82, 2.24) is 5.32 Å². The van der Waals surface area contributed by atoms with Gasteiger partial charge in [-0.15, -0.1) is 11.3 Å². The van der Waals surface area contributed by atoms with E-state index >= 15 is 0 Å². The molecule has 3 N–H and O–H groups in total. The van der Waals surface area contributed by atoms with Crippen LogP contribution in [0.5, 0.6) is 0 Å². The van der Waals surface area contributed by atoms with Crippen LogP contribution in [0.2, 0.25) is 0 Å². The molecule has 22 heavy (non-hydrogen) atoms. The zero-order chi connectivity index (χ0) is 16.5. The lowest BCUT2D eigenvalue weighted by atomic mass is 10.1. The summed E-state index contributed by atoms with van der Waals surface area (Å²) in [6, 6.07) is 7.44. The van der Waals surface area contributed by atoms with Crippen molar-refractivity contribution in [2.45, 2.75) is 31.5 Å². The van der Waals surface area contributed by atoms with Gasteiger partial charge in [-0.1, -0.05) is 23.8 Å². The van der Waals surface area contributed by atoms with Crippen molar-refractivity contribution in [3.63, 3.8) is 0 Å². The number of hydrogen-bond donors (Lipinski definition) is 2.